The molecule has 0 aliphatic carbocycles. The summed E-state index contributed by atoms with van der Waals surface area (Å²) >= 11 is 0. The van der Waals surface area contributed by atoms with Crippen molar-refractivity contribution in [3.05, 3.63) is 87.5 Å². The van der Waals surface area contributed by atoms with Crippen molar-refractivity contribution in [3.8, 4) is 5.75 Å². The van der Waals surface area contributed by atoms with Crippen molar-refractivity contribution in [1.29, 1.82) is 0 Å². The van der Waals surface area contributed by atoms with Gasteiger partial charge in [0, 0.05) is 6.07 Å². The number of benzene rings is 3. The van der Waals surface area contributed by atoms with Crippen molar-refractivity contribution in [2.75, 3.05) is 10.1 Å². The summed E-state index contributed by atoms with van der Waals surface area (Å²) in [4.78, 5) is 10.7. The second-order valence-electron chi connectivity index (χ2n) is 7.79. The van der Waals surface area contributed by atoms with Crippen molar-refractivity contribution in [2.24, 2.45) is 5.10 Å². The number of nitrogens with zero attached hydrogens (tertiary/aromatic N) is 2. The van der Waals surface area contributed by atoms with Crippen molar-refractivity contribution in [3.63, 3.8) is 0 Å². The summed E-state index contributed by atoms with van der Waals surface area (Å²) in [6, 6.07) is 14.4. The van der Waals surface area contributed by atoms with Crippen LogP contribution in [-0.2, 0) is 10.0 Å². The van der Waals surface area contributed by atoms with Gasteiger partial charge in [-0.2, -0.15) is 13.9 Å². The highest BCUT2D eigenvalue weighted by Crippen LogP contribution is 2.29. The summed E-state index contributed by atoms with van der Waals surface area (Å²) in [7, 11) is -4.10. The average molecular weight is 519 g/mol. The van der Waals surface area contributed by atoms with Crippen LogP contribution in [-0.4, -0.2) is 25.7 Å². The smallest absolute Gasteiger partial charge is 0.387 e. The van der Waals surface area contributed by atoms with E-state index in [-0.39, 0.29) is 16.3 Å². The Bertz CT molecular complexity index is 1390. The number of alkyl halides is 2. The maximum atomic E-state index is 12.9. The van der Waals surface area contributed by atoms with Gasteiger partial charge in [-0.15, -0.1) is 0 Å². The number of nitro benzene ring substituents is 1. The fourth-order valence-electron chi connectivity index (χ4n) is 3.36. The number of halogens is 2. The van der Waals surface area contributed by atoms with Crippen LogP contribution in [0, 0.1) is 24.0 Å². The van der Waals surface area contributed by atoms with E-state index in [4.69, 9.17) is 0 Å². The largest absolute Gasteiger partial charge is 0.435 e. The van der Waals surface area contributed by atoms with Crippen LogP contribution in [0.4, 0.5) is 25.8 Å². The Balaban J connectivity index is 1.86. The number of nitro groups is 1. The summed E-state index contributed by atoms with van der Waals surface area (Å²) in [5, 5.41) is 15.9. The molecule has 0 bridgehead atoms. The van der Waals surface area contributed by atoms with Gasteiger partial charge in [-0.25, -0.2) is 8.42 Å². The fraction of sp³-hybridized carbons (Fsp3) is 0.208. The van der Waals surface area contributed by atoms with Crippen LogP contribution in [0.15, 0.2) is 70.7 Å². The van der Waals surface area contributed by atoms with Crippen LogP contribution in [0.1, 0.15) is 30.0 Å². The molecule has 2 N–H and O–H groups in total. The number of hydrogen-bond acceptors (Lipinski definition) is 7. The van der Waals surface area contributed by atoms with E-state index in [1.807, 2.05) is 13.0 Å². The van der Waals surface area contributed by atoms with Gasteiger partial charge in [0.2, 0.25) is 0 Å². The van der Waals surface area contributed by atoms with E-state index in [0.717, 1.165) is 11.6 Å². The molecule has 0 aliphatic rings. The van der Waals surface area contributed by atoms with Crippen molar-refractivity contribution in [2.45, 2.75) is 38.7 Å². The Morgan fingerprint density at radius 1 is 1.06 bits per heavy atom. The first-order chi connectivity index (χ1) is 17.0. The number of rotatable bonds is 10. The Hall–Kier alpha value is -4.06. The van der Waals surface area contributed by atoms with Gasteiger partial charge in [0.25, 0.3) is 15.7 Å². The van der Waals surface area contributed by atoms with E-state index < -0.39 is 27.2 Å². The Morgan fingerprint density at radius 3 is 2.31 bits per heavy atom. The molecular weight excluding hydrogens is 494 g/mol. The minimum Gasteiger partial charge on any atom is -0.435 e. The van der Waals surface area contributed by atoms with Crippen LogP contribution in [0.3, 0.4) is 0 Å². The molecule has 0 atom stereocenters. The average Bonchev–Trinajstić information content (AvgIpc) is 2.81. The summed E-state index contributed by atoms with van der Waals surface area (Å²) in [6.07, 6.45) is 0.419. The predicted octanol–water partition coefficient (Wildman–Crippen LogP) is 5.84. The van der Waals surface area contributed by atoms with Gasteiger partial charge in [0.15, 0.2) is 0 Å². The molecule has 190 valence electrons. The molecule has 0 saturated carbocycles. The van der Waals surface area contributed by atoms with Crippen molar-refractivity contribution < 1.29 is 26.9 Å². The summed E-state index contributed by atoms with van der Waals surface area (Å²) in [5.74, 6) is -0.0148. The Morgan fingerprint density at radius 2 is 1.72 bits per heavy atom. The molecule has 0 radical (unpaired) electrons. The van der Waals surface area contributed by atoms with Gasteiger partial charge in [0.1, 0.15) is 11.4 Å². The van der Waals surface area contributed by atoms with E-state index >= 15 is 0 Å². The molecule has 36 heavy (non-hydrogen) atoms. The van der Waals surface area contributed by atoms with E-state index in [1.165, 1.54) is 36.4 Å². The first kappa shape index (κ1) is 26.5. The zero-order valence-electron chi connectivity index (χ0n) is 19.7. The molecule has 0 fully saturated rings. The highest BCUT2D eigenvalue weighted by molar-refractivity contribution is 7.92. The normalized spacial score (nSPS) is 11.9. The zero-order chi connectivity index (χ0) is 26.5. The van der Waals surface area contributed by atoms with Crippen molar-refractivity contribution >= 4 is 32.8 Å². The quantitative estimate of drug-likeness (QED) is 0.197. The fourth-order valence-corrected chi connectivity index (χ4v) is 4.51. The minimum atomic E-state index is -4.10. The number of anilines is 2. The topological polar surface area (TPSA) is 123 Å². The van der Waals surface area contributed by atoms with Crippen LogP contribution in [0.25, 0.3) is 0 Å². The van der Waals surface area contributed by atoms with Gasteiger partial charge < -0.3 is 4.74 Å². The molecule has 3 aromatic carbocycles. The Labute approximate surface area is 207 Å². The van der Waals surface area contributed by atoms with Gasteiger partial charge in [-0.1, -0.05) is 24.6 Å². The monoisotopic (exact) mass is 518 g/mol. The molecule has 0 spiro atoms. The van der Waals surface area contributed by atoms with Gasteiger partial charge in [-0.3, -0.25) is 20.3 Å². The lowest BCUT2D eigenvalue weighted by atomic mass is 10.1. The number of hydrogen-bond donors (Lipinski definition) is 2. The predicted molar refractivity (Wildman–Crippen MR) is 133 cm³/mol. The molecule has 0 heterocycles. The molecule has 3 rings (SSSR count). The molecule has 3 aromatic rings. The first-order valence-electron chi connectivity index (χ1n) is 10.8. The summed E-state index contributed by atoms with van der Waals surface area (Å²) in [6.45, 7) is 2.49. The van der Waals surface area contributed by atoms with E-state index in [9.17, 15) is 27.3 Å². The SMILES string of the molecule is CC/C(=N\Nc1ccc(S(=O)(=O)Nc2ccc(C)cc2C)cc1[N+](=O)[O-])c1ccc(OC(F)F)cc1. The lowest BCUT2D eigenvalue weighted by Crippen LogP contribution is -2.14. The minimum absolute atomic E-state index is 0.0148. The van der Waals surface area contributed by atoms with Crippen LogP contribution in [0.5, 0.6) is 5.75 Å². The van der Waals surface area contributed by atoms with Crippen molar-refractivity contribution in [1.82, 2.24) is 0 Å². The third kappa shape index (κ3) is 6.54. The molecule has 0 aliphatic heterocycles. The first-order valence-corrected chi connectivity index (χ1v) is 12.2. The van der Waals surface area contributed by atoms with Crippen LogP contribution >= 0.6 is 0 Å². The van der Waals surface area contributed by atoms with Gasteiger partial charge in [0.05, 0.1) is 21.2 Å². The summed E-state index contributed by atoms with van der Waals surface area (Å²) in [5.41, 5.74) is 5.23. The molecule has 12 heteroatoms. The number of nitrogens with one attached hydrogen (secondary N) is 2. The molecule has 0 aromatic heterocycles. The second-order valence-corrected chi connectivity index (χ2v) is 9.47. The second kappa shape index (κ2) is 11.1. The molecule has 0 unspecified atom stereocenters. The summed E-state index contributed by atoms with van der Waals surface area (Å²) < 4.78 is 57.2. The molecule has 9 nitrogen and oxygen atoms in total. The van der Waals surface area contributed by atoms with E-state index in [1.54, 1.807) is 26.0 Å². The van der Waals surface area contributed by atoms with Crippen LogP contribution < -0.4 is 14.9 Å². The van der Waals surface area contributed by atoms with Crippen LogP contribution in [0.2, 0.25) is 0 Å². The number of ether oxygens (including phenoxy) is 1. The third-order valence-electron chi connectivity index (χ3n) is 5.16. The zero-order valence-corrected chi connectivity index (χ0v) is 20.5. The number of hydrazone groups is 1. The lowest BCUT2D eigenvalue weighted by molar-refractivity contribution is -0.384. The molecule has 0 amide bonds. The lowest BCUT2D eigenvalue weighted by Gasteiger charge is -2.12. The number of aryl methyl sites for hydroxylation is 2. The maximum Gasteiger partial charge on any atom is 0.387 e. The number of sulfonamides is 1. The highest BCUT2D eigenvalue weighted by Gasteiger charge is 2.22. The highest BCUT2D eigenvalue weighted by atomic mass is 32.2. The van der Waals surface area contributed by atoms with E-state index in [2.05, 4.69) is 20.0 Å². The Kier molecular flexibility index (Phi) is 8.20. The standard InChI is InChI=1S/C24H24F2N4O5S/c1-4-20(17-6-8-18(9-7-17)35-24(25)26)27-28-22-12-10-19(14-23(22)30(31)32)36(33,34)29-21-11-5-15(2)13-16(21)3/h5-14,24,28-29H,4H2,1-3H3/b27-20+. The molecular formula is C24H24F2N4O5S. The maximum absolute atomic E-state index is 12.9. The van der Waals surface area contributed by atoms with Gasteiger partial charge >= 0.3 is 6.61 Å². The third-order valence-corrected chi connectivity index (χ3v) is 6.52. The molecule has 0 saturated heterocycles. The van der Waals surface area contributed by atoms with Gasteiger partial charge in [-0.05, 0) is 73.9 Å². The van der Waals surface area contributed by atoms with E-state index in [0.29, 0.717) is 28.9 Å².